The average molecular weight is 321 g/mol. The van der Waals surface area contributed by atoms with Crippen LogP contribution in [0.4, 0.5) is 0 Å². The zero-order chi connectivity index (χ0) is 17.1. The van der Waals surface area contributed by atoms with Gasteiger partial charge in [0, 0.05) is 31.8 Å². The topological polar surface area (TPSA) is 116 Å². The number of carbonyl (C=O) groups is 2. The van der Waals surface area contributed by atoms with Crippen molar-refractivity contribution in [1.82, 2.24) is 10.4 Å². The summed E-state index contributed by atoms with van der Waals surface area (Å²) in [5.74, 6) is -1.96. The van der Waals surface area contributed by atoms with Crippen LogP contribution in [-0.4, -0.2) is 40.3 Å². The van der Waals surface area contributed by atoms with Gasteiger partial charge < -0.3 is 16.2 Å². The van der Waals surface area contributed by atoms with Crippen molar-refractivity contribution >= 4 is 11.9 Å². The first-order valence-electron chi connectivity index (χ1n) is 7.43. The maximum absolute atomic E-state index is 11.3. The predicted molar refractivity (Wildman–Crippen MR) is 85.5 cm³/mol. The number of carbonyl (C=O) groups excluding carboxylic acids is 1. The highest BCUT2D eigenvalue weighted by Gasteiger charge is 2.06. The average Bonchev–Trinajstić information content (AvgIpc) is 2.56. The molecule has 1 aromatic rings. The highest BCUT2D eigenvalue weighted by molar-refractivity contribution is 5.93. The summed E-state index contributed by atoms with van der Waals surface area (Å²) in [6, 6.07) is 8.05. The first kappa shape index (κ1) is 18.8. The fraction of sp³-hybridized carbons (Fsp3) is 0.375. The Morgan fingerprint density at radius 3 is 2.39 bits per heavy atom. The van der Waals surface area contributed by atoms with Gasteiger partial charge in [-0.1, -0.05) is 24.3 Å². The molecule has 23 heavy (non-hydrogen) atoms. The molecule has 1 amide bonds. The van der Waals surface area contributed by atoms with Crippen LogP contribution in [0.3, 0.4) is 0 Å². The Balaban J connectivity index is 2.12. The van der Waals surface area contributed by atoms with E-state index in [1.54, 1.807) is 0 Å². The minimum absolute atomic E-state index is 0.162. The zero-order valence-corrected chi connectivity index (χ0v) is 12.9. The maximum atomic E-state index is 11.3. The van der Waals surface area contributed by atoms with E-state index in [1.165, 1.54) is 5.56 Å². The van der Waals surface area contributed by atoms with Gasteiger partial charge in [-0.05, 0) is 30.5 Å². The van der Waals surface area contributed by atoms with Crippen LogP contribution in [-0.2, 0) is 22.7 Å². The Labute approximate surface area is 135 Å². The van der Waals surface area contributed by atoms with Gasteiger partial charge in [-0.25, -0.2) is 9.86 Å². The zero-order valence-electron chi connectivity index (χ0n) is 12.9. The van der Waals surface area contributed by atoms with E-state index in [0.717, 1.165) is 31.1 Å². The van der Waals surface area contributed by atoms with Gasteiger partial charge in [-0.15, -0.1) is 0 Å². The van der Waals surface area contributed by atoms with E-state index in [1.807, 2.05) is 24.3 Å². The smallest absolute Gasteiger partial charge is 0.328 e. The van der Waals surface area contributed by atoms with E-state index in [4.69, 9.17) is 10.8 Å². The molecule has 0 aromatic heterocycles. The summed E-state index contributed by atoms with van der Waals surface area (Å²) in [4.78, 5) is 21.6. The highest BCUT2D eigenvalue weighted by atomic mass is 16.5. The monoisotopic (exact) mass is 321 g/mol. The summed E-state index contributed by atoms with van der Waals surface area (Å²) >= 11 is 0. The number of rotatable bonds is 10. The van der Waals surface area contributed by atoms with Crippen molar-refractivity contribution in [3.05, 3.63) is 47.5 Å². The fourth-order valence-electron chi connectivity index (χ4n) is 1.88. The molecule has 1 rings (SSSR count). The molecule has 0 fully saturated rings. The molecule has 0 radical (unpaired) electrons. The van der Waals surface area contributed by atoms with Gasteiger partial charge in [0.15, 0.2) is 0 Å². The molecular weight excluding hydrogens is 298 g/mol. The second-order valence-corrected chi connectivity index (χ2v) is 5.04. The van der Waals surface area contributed by atoms with E-state index in [0.29, 0.717) is 24.1 Å². The number of hydroxylamine groups is 2. The Morgan fingerprint density at radius 1 is 1.13 bits per heavy atom. The van der Waals surface area contributed by atoms with Crippen LogP contribution < -0.4 is 11.1 Å². The summed E-state index contributed by atoms with van der Waals surface area (Å²) in [6.07, 6.45) is 2.92. The molecule has 0 spiro atoms. The van der Waals surface area contributed by atoms with Crippen molar-refractivity contribution in [2.75, 3.05) is 13.1 Å². The van der Waals surface area contributed by atoms with Crippen LogP contribution in [0.5, 0.6) is 0 Å². The van der Waals surface area contributed by atoms with Gasteiger partial charge in [-0.3, -0.25) is 10.0 Å². The van der Waals surface area contributed by atoms with Crippen molar-refractivity contribution in [2.24, 2.45) is 5.73 Å². The number of benzene rings is 1. The summed E-state index contributed by atoms with van der Waals surface area (Å²) in [5, 5.41) is 21.6. The lowest BCUT2D eigenvalue weighted by molar-refractivity contribution is -0.159. The first-order chi connectivity index (χ1) is 11.0. The lowest BCUT2D eigenvalue weighted by Crippen LogP contribution is -2.27. The van der Waals surface area contributed by atoms with Crippen LogP contribution in [0.1, 0.15) is 24.0 Å². The third kappa shape index (κ3) is 8.10. The Morgan fingerprint density at radius 2 is 1.78 bits per heavy atom. The van der Waals surface area contributed by atoms with Gasteiger partial charge in [-0.2, -0.15) is 0 Å². The number of carboxylic acid groups (broad SMARTS) is 1. The van der Waals surface area contributed by atoms with Crippen molar-refractivity contribution in [3.8, 4) is 0 Å². The molecule has 0 aliphatic carbocycles. The number of amides is 1. The third-order valence-corrected chi connectivity index (χ3v) is 3.18. The van der Waals surface area contributed by atoms with Crippen molar-refractivity contribution in [3.63, 3.8) is 0 Å². The minimum Gasteiger partial charge on any atom is -0.478 e. The van der Waals surface area contributed by atoms with E-state index in [2.05, 4.69) is 5.32 Å². The Hall–Kier alpha value is -2.22. The highest BCUT2D eigenvalue weighted by Crippen LogP contribution is 2.03. The fourth-order valence-corrected chi connectivity index (χ4v) is 1.88. The molecule has 0 bridgehead atoms. The Bertz CT molecular complexity index is 529. The SMILES string of the molecule is NCc1ccc(CNCCCCN(O)C(=O)/C=C/C(=O)O)cc1. The van der Waals surface area contributed by atoms with E-state index in [-0.39, 0.29) is 6.54 Å². The molecule has 0 saturated heterocycles. The van der Waals surface area contributed by atoms with E-state index in [9.17, 15) is 14.8 Å². The molecule has 0 unspecified atom stereocenters. The molecule has 0 heterocycles. The number of hydrogen-bond acceptors (Lipinski definition) is 5. The number of aliphatic carboxylic acids is 1. The van der Waals surface area contributed by atoms with Gasteiger partial charge in [0.25, 0.3) is 5.91 Å². The normalized spacial score (nSPS) is 10.9. The number of nitrogens with two attached hydrogens (primary N) is 1. The van der Waals surface area contributed by atoms with Gasteiger partial charge in [0.1, 0.15) is 0 Å². The minimum atomic E-state index is -1.23. The second kappa shape index (κ2) is 10.5. The summed E-state index contributed by atoms with van der Waals surface area (Å²) < 4.78 is 0. The van der Waals surface area contributed by atoms with Gasteiger partial charge in [0.05, 0.1) is 0 Å². The second-order valence-electron chi connectivity index (χ2n) is 5.04. The van der Waals surface area contributed by atoms with Gasteiger partial charge >= 0.3 is 5.97 Å². The summed E-state index contributed by atoms with van der Waals surface area (Å²) in [7, 11) is 0. The van der Waals surface area contributed by atoms with Crippen molar-refractivity contribution < 1.29 is 19.9 Å². The third-order valence-electron chi connectivity index (χ3n) is 3.18. The lowest BCUT2D eigenvalue weighted by atomic mass is 10.1. The van der Waals surface area contributed by atoms with Crippen molar-refractivity contribution in [1.29, 1.82) is 0 Å². The van der Waals surface area contributed by atoms with Gasteiger partial charge in [0.2, 0.25) is 0 Å². The Kier molecular flexibility index (Phi) is 8.59. The molecule has 7 heteroatoms. The number of unbranched alkanes of at least 4 members (excludes halogenated alkanes) is 1. The van der Waals surface area contributed by atoms with Crippen LogP contribution >= 0.6 is 0 Å². The van der Waals surface area contributed by atoms with E-state index < -0.39 is 11.9 Å². The molecule has 126 valence electrons. The van der Waals surface area contributed by atoms with Crippen LogP contribution in [0, 0.1) is 0 Å². The number of nitrogens with zero attached hydrogens (tertiary/aromatic N) is 1. The molecule has 0 saturated carbocycles. The predicted octanol–water partition coefficient (Wildman–Crippen LogP) is 0.874. The standard InChI is InChI=1S/C16H23N3O4/c17-11-13-3-5-14(6-4-13)12-18-9-1-2-10-19(23)15(20)7-8-16(21)22/h3-8,18,23H,1-2,9-12,17H2,(H,21,22)/b8-7+. The van der Waals surface area contributed by atoms with Crippen molar-refractivity contribution in [2.45, 2.75) is 25.9 Å². The number of carboxylic acids is 1. The quantitative estimate of drug-likeness (QED) is 0.220. The molecule has 1 aromatic carbocycles. The van der Waals surface area contributed by atoms with Crippen LogP contribution in [0.2, 0.25) is 0 Å². The summed E-state index contributed by atoms with van der Waals surface area (Å²) in [5.41, 5.74) is 7.80. The molecular formula is C16H23N3O4. The molecule has 5 N–H and O–H groups in total. The number of nitrogens with one attached hydrogen (secondary N) is 1. The molecule has 0 aliphatic rings. The summed E-state index contributed by atoms with van der Waals surface area (Å²) in [6.45, 7) is 2.20. The first-order valence-corrected chi connectivity index (χ1v) is 7.43. The van der Waals surface area contributed by atoms with Crippen LogP contribution in [0.15, 0.2) is 36.4 Å². The van der Waals surface area contributed by atoms with Crippen LogP contribution in [0.25, 0.3) is 0 Å². The lowest BCUT2D eigenvalue weighted by Gasteiger charge is -2.12. The number of hydrogen-bond donors (Lipinski definition) is 4. The molecule has 0 atom stereocenters. The molecule has 7 nitrogen and oxygen atoms in total. The maximum Gasteiger partial charge on any atom is 0.328 e. The van der Waals surface area contributed by atoms with E-state index >= 15 is 0 Å². The molecule has 0 aliphatic heterocycles. The largest absolute Gasteiger partial charge is 0.478 e.